The van der Waals surface area contributed by atoms with E-state index in [1.165, 1.54) is 0 Å². The van der Waals surface area contributed by atoms with E-state index in [-0.39, 0.29) is 5.92 Å². The fourth-order valence-electron chi connectivity index (χ4n) is 1.79. The Morgan fingerprint density at radius 1 is 1.43 bits per heavy atom. The number of aromatic carboxylic acids is 1. The van der Waals surface area contributed by atoms with Gasteiger partial charge < -0.3 is 5.11 Å². The van der Waals surface area contributed by atoms with E-state index in [1.54, 1.807) is 6.07 Å². The molecule has 14 heavy (non-hydrogen) atoms. The number of benzene rings is 1. The molecule has 0 heterocycles. The van der Waals surface area contributed by atoms with Crippen LogP contribution in [0, 0.1) is 0 Å². The Balaban J connectivity index is 3.35. The minimum Gasteiger partial charge on any atom is -0.478 e. The van der Waals surface area contributed by atoms with Gasteiger partial charge in [-0.3, -0.25) is 0 Å². The van der Waals surface area contributed by atoms with Crippen LogP contribution in [0.2, 0.25) is 0 Å². The van der Waals surface area contributed by atoms with Gasteiger partial charge in [0, 0.05) is 0 Å². The maximum absolute atomic E-state index is 11.0. The Bertz CT molecular complexity index is 340. The first-order valence-electron chi connectivity index (χ1n) is 4.93. The lowest BCUT2D eigenvalue weighted by Gasteiger charge is -2.14. The summed E-state index contributed by atoms with van der Waals surface area (Å²) in [6.07, 6.45) is 0.884. The van der Waals surface area contributed by atoms with Crippen LogP contribution in [0.4, 0.5) is 0 Å². The Labute approximate surface area is 84.6 Å². The topological polar surface area (TPSA) is 37.3 Å². The lowest BCUT2D eigenvalue weighted by Crippen LogP contribution is -2.06. The summed E-state index contributed by atoms with van der Waals surface area (Å²) in [5, 5.41) is 9.03. The lowest BCUT2D eigenvalue weighted by atomic mass is 9.91. The number of hydrogen-bond donors (Lipinski definition) is 1. The molecule has 0 spiro atoms. The molecule has 1 N–H and O–H groups in total. The van der Waals surface area contributed by atoms with Crippen LogP contribution in [0.1, 0.15) is 48.2 Å². The molecule has 0 saturated heterocycles. The van der Waals surface area contributed by atoms with E-state index < -0.39 is 5.97 Å². The molecule has 0 radical (unpaired) electrons. The van der Waals surface area contributed by atoms with E-state index >= 15 is 0 Å². The van der Waals surface area contributed by atoms with E-state index in [1.807, 2.05) is 32.9 Å². The summed E-state index contributed by atoms with van der Waals surface area (Å²) in [5.41, 5.74) is 2.56. The van der Waals surface area contributed by atoms with E-state index in [2.05, 4.69) is 0 Å². The molecule has 2 heteroatoms. The fraction of sp³-hybridized carbons (Fsp3) is 0.417. The van der Waals surface area contributed by atoms with Crippen LogP contribution in [0.15, 0.2) is 18.2 Å². The predicted octanol–water partition coefficient (Wildman–Crippen LogP) is 3.07. The van der Waals surface area contributed by atoms with Crippen molar-refractivity contribution in [1.82, 2.24) is 0 Å². The summed E-state index contributed by atoms with van der Waals surface area (Å²) < 4.78 is 0. The first kappa shape index (κ1) is 10.8. The van der Waals surface area contributed by atoms with Gasteiger partial charge in [-0.1, -0.05) is 32.9 Å². The molecule has 2 nitrogen and oxygen atoms in total. The second-order valence-corrected chi connectivity index (χ2v) is 3.69. The third-order valence-electron chi connectivity index (χ3n) is 2.39. The van der Waals surface area contributed by atoms with Crippen LogP contribution >= 0.6 is 0 Å². The van der Waals surface area contributed by atoms with Crippen molar-refractivity contribution in [3.05, 3.63) is 34.9 Å². The maximum atomic E-state index is 11.0. The molecule has 0 amide bonds. The highest BCUT2D eigenvalue weighted by atomic mass is 16.4. The standard InChI is InChI=1S/C12H16O2/c1-4-9-6-5-7-10(12(13)14)11(9)8(2)3/h5-8H,4H2,1-3H3,(H,13,14). The second kappa shape index (κ2) is 4.27. The molecule has 0 saturated carbocycles. The van der Waals surface area contributed by atoms with Gasteiger partial charge in [0.15, 0.2) is 0 Å². The van der Waals surface area contributed by atoms with E-state index in [0.717, 1.165) is 17.5 Å². The molecule has 76 valence electrons. The first-order valence-corrected chi connectivity index (χ1v) is 4.93. The normalized spacial score (nSPS) is 10.6. The molecule has 0 aliphatic heterocycles. The van der Waals surface area contributed by atoms with Crippen molar-refractivity contribution in [2.45, 2.75) is 33.1 Å². The minimum absolute atomic E-state index is 0.261. The average Bonchev–Trinajstić information content (AvgIpc) is 2.16. The summed E-state index contributed by atoms with van der Waals surface area (Å²) >= 11 is 0. The molecular formula is C12H16O2. The van der Waals surface area contributed by atoms with Crippen LogP contribution in [0.3, 0.4) is 0 Å². The fourth-order valence-corrected chi connectivity index (χ4v) is 1.79. The zero-order valence-corrected chi connectivity index (χ0v) is 8.87. The SMILES string of the molecule is CCc1cccc(C(=O)O)c1C(C)C. The molecule has 0 atom stereocenters. The molecule has 1 aromatic carbocycles. The Hall–Kier alpha value is -1.31. The maximum Gasteiger partial charge on any atom is 0.335 e. The molecule has 0 aromatic heterocycles. The summed E-state index contributed by atoms with van der Waals surface area (Å²) in [4.78, 5) is 11.0. The van der Waals surface area contributed by atoms with Crippen molar-refractivity contribution in [1.29, 1.82) is 0 Å². The Morgan fingerprint density at radius 3 is 2.50 bits per heavy atom. The van der Waals surface area contributed by atoms with Crippen LogP contribution in [-0.2, 0) is 6.42 Å². The van der Waals surface area contributed by atoms with E-state index in [4.69, 9.17) is 5.11 Å². The smallest absolute Gasteiger partial charge is 0.335 e. The van der Waals surface area contributed by atoms with Gasteiger partial charge in [0.1, 0.15) is 0 Å². The van der Waals surface area contributed by atoms with Gasteiger partial charge in [0.2, 0.25) is 0 Å². The molecule has 0 fully saturated rings. The molecule has 0 bridgehead atoms. The quantitative estimate of drug-likeness (QED) is 0.799. The largest absolute Gasteiger partial charge is 0.478 e. The van der Waals surface area contributed by atoms with Crippen molar-refractivity contribution < 1.29 is 9.90 Å². The third kappa shape index (κ3) is 1.95. The van der Waals surface area contributed by atoms with Gasteiger partial charge in [-0.05, 0) is 29.5 Å². The number of carbonyl (C=O) groups is 1. The Kier molecular flexibility index (Phi) is 3.28. The third-order valence-corrected chi connectivity index (χ3v) is 2.39. The lowest BCUT2D eigenvalue weighted by molar-refractivity contribution is 0.0695. The van der Waals surface area contributed by atoms with Crippen molar-refractivity contribution >= 4 is 5.97 Å². The van der Waals surface area contributed by atoms with Crippen molar-refractivity contribution in [3.63, 3.8) is 0 Å². The first-order chi connectivity index (χ1) is 6.57. The van der Waals surface area contributed by atoms with Crippen molar-refractivity contribution in [3.8, 4) is 0 Å². The van der Waals surface area contributed by atoms with Crippen molar-refractivity contribution in [2.75, 3.05) is 0 Å². The average molecular weight is 192 g/mol. The van der Waals surface area contributed by atoms with Gasteiger partial charge in [-0.2, -0.15) is 0 Å². The molecule has 1 aromatic rings. The number of hydrogen-bond acceptors (Lipinski definition) is 1. The summed E-state index contributed by atoms with van der Waals surface area (Å²) in [6, 6.07) is 5.49. The summed E-state index contributed by atoms with van der Waals surface area (Å²) in [7, 11) is 0. The highest BCUT2D eigenvalue weighted by Gasteiger charge is 2.15. The highest BCUT2D eigenvalue weighted by Crippen LogP contribution is 2.24. The predicted molar refractivity (Wildman–Crippen MR) is 56.9 cm³/mol. The molecule has 0 aliphatic rings. The van der Waals surface area contributed by atoms with Gasteiger partial charge in [-0.25, -0.2) is 4.79 Å². The van der Waals surface area contributed by atoms with Crippen LogP contribution in [0.5, 0.6) is 0 Å². The number of carboxylic acids is 1. The molecule has 0 unspecified atom stereocenters. The number of carboxylic acid groups (broad SMARTS) is 1. The highest BCUT2D eigenvalue weighted by molar-refractivity contribution is 5.90. The second-order valence-electron chi connectivity index (χ2n) is 3.69. The molecule has 0 aliphatic carbocycles. The zero-order chi connectivity index (χ0) is 10.7. The van der Waals surface area contributed by atoms with Crippen LogP contribution in [0.25, 0.3) is 0 Å². The molecular weight excluding hydrogens is 176 g/mol. The van der Waals surface area contributed by atoms with Gasteiger partial charge in [-0.15, -0.1) is 0 Å². The molecule has 1 rings (SSSR count). The van der Waals surface area contributed by atoms with Gasteiger partial charge in [0.05, 0.1) is 5.56 Å². The monoisotopic (exact) mass is 192 g/mol. The summed E-state index contributed by atoms with van der Waals surface area (Å²) in [5.74, 6) is -0.568. The van der Waals surface area contributed by atoms with Crippen LogP contribution < -0.4 is 0 Å². The number of aryl methyl sites for hydroxylation is 1. The number of rotatable bonds is 3. The summed E-state index contributed by atoms with van der Waals surface area (Å²) in [6.45, 7) is 6.11. The minimum atomic E-state index is -0.830. The van der Waals surface area contributed by atoms with E-state index in [9.17, 15) is 4.79 Å². The van der Waals surface area contributed by atoms with Crippen LogP contribution in [-0.4, -0.2) is 11.1 Å². The van der Waals surface area contributed by atoms with Gasteiger partial charge in [0.25, 0.3) is 0 Å². The van der Waals surface area contributed by atoms with Gasteiger partial charge >= 0.3 is 5.97 Å². The van der Waals surface area contributed by atoms with Crippen molar-refractivity contribution in [2.24, 2.45) is 0 Å². The zero-order valence-electron chi connectivity index (χ0n) is 8.87. The Morgan fingerprint density at radius 2 is 2.07 bits per heavy atom. The van der Waals surface area contributed by atoms with E-state index in [0.29, 0.717) is 5.56 Å².